The molecule has 0 aliphatic carbocycles. The molecule has 27 heavy (non-hydrogen) atoms. The number of amides is 2. The Morgan fingerprint density at radius 3 is 2.74 bits per heavy atom. The molecule has 1 aliphatic heterocycles. The fourth-order valence-electron chi connectivity index (χ4n) is 3.54. The first-order valence-electron chi connectivity index (χ1n) is 9.61. The second-order valence-corrected chi connectivity index (χ2v) is 8.18. The number of hydrogen-bond acceptors (Lipinski definition) is 5. The van der Waals surface area contributed by atoms with E-state index >= 15 is 0 Å². The summed E-state index contributed by atoms with van der Waals surface area (Å²) < 4.78 is 1.15. The van der Waals surface area contributed by atoms with Crippen LogP contribution in [0.25, 0.3) is 10.2 Å². The average molecular weight is 389 g/mol. The number of fused-ring (bicyclic) bond motifs is 1. The summed E-state index contributed by atoms with van der Waals surface area (Å²) >= 11 is 1.64. The predicted octanol–water partition coefficient (Wildman–Crippen LogP) is 2.59. The molecule has 3 rings (SSSR count). The van der Waals surface area contributed by atoms with Crippen molar-refractivity contribution in [3.05, 3.63) is 29.3 Å². The van der Waals surface area contributed by atoms with Gasteiger partial charge in [-0.3, -0.25) is 14.5 Å². The predicted molar refractivity (Wildman–Crippen MR) is 109 cm³/mol. The molecular formula is C20H28N4O2S. The van der Waals surface area contributed by atoms with Gasteiger partial charge in [-0.1, -0.05) is 19.1 Å². The van der Waals surface area contributed by atoms with Gasteiger partial charge >= 0.3 is 0 Å². The van der Waals surface area contributed by atoms with Crippen LogP contribution in [0, 0.1) is 0 Å². The zero-order valence-corrected chi connectivity index (χ0v) is 17.2. The summed E-state index contributed by atoms with van der Waals surface area (Å²) in [7, 11) is 1.84. The number of aromatic nitrogens is 1. The number of para-hydroxylation sites is 1. The quantitative estimate of drug-likeness (QED) is 0.790. The van der Waals surface area contributed by atoms with Crippen molar-refractivity contribution in [1.29, 1.82) is 0 Å². The van der Waals surface area contributed by atoms with Crippen molar-refractivity contribution in [2.24, 2.45) is 0 Å². The fraction of sp³-hybridized carbons (Fsp3) is 0.550. The molecule has 1 aromatic carbocycles. The molecule has 1 fully saturated rings. The largest absolute Gasteiger partial charge is 0.341 e. The van der Waals surface area contributed by atoms with Crippen LogP contribution >= 0.6 is 11.3 Å². The van der Waals surface area contributed by atoms with Crippen molar-refractivity contribution in [1.82, 2.24) is 19.7 Å². The molecule has 0 spiro atoms. The second kappa shape index (κ2) is 8.80. The molecule has 1 aromatic heterocycles. The minimum atomic E-state index is -0.193. The third-order valence-corrected chi connectivity index (χ3v) is 6.20. The standard InChI is InChI=1S/C20H28N4O2S/c1-4-19(25)24-11-7-10-23(12-13-24)15(2)20(26)22(3)14-18-21-16-8-5-6-9-17(16)27-18/h5-6,8-9,15H,4,7,10-14H2,1-3H3. The van der Waals surface area contributed by atoms with E-state index in [0.29, 0.717) is 19.5 Å². The van der Waals surface area contributed by atoms with Gasteiger partial charge in [0.25, 0.3) is 0 Å². The molecule has 2 heterocycles. The molecule has 1 unspecified atom stereocenters. The van der Waals surface area contributed by atoms with Gasteiger partial charge in [-0.25, -0.2) is 4.98 Å². The summed E-state index contributed by atoms with van der Waals surface area (Å²) in [5.74, 6) is 0.299. The Morgan fingerprint density at radius 2 is 2.00 bits per heavy atom. The van der Waals surface area contributed by atoms with Gasteiger partial charge in [-0.2, -0.15) is 0 Å². The van der Waals surface area contributed by atoms with E-state index in [1.165, 1.54) is 0 Å². The van der Waals surface area contributed by atoms with E-state index in [1.807, 2.05) is 44.0 Å². The summed E-state index contributed by atoms with van der Waals surface area (Å²) in [6, 6.07) is 7.85. The van der Waals surface area contributed by atoms with E-state index in [-0.39, 0.29) is 17.9 Å². The van der Waals surface area contributed by atoms with Crippen LogP contribution in [0.4, 0.5) is 0 Å². The van der Waals surface area contributed by atoms with Crippen LogP contribution in [0.3, 0.4) is 0 Å². The van der Waals surface area contributed by atoms with Gasteiger partial charge in [-0.15, -0.1) is 11.3 Å². The Labute approximate surface area is 164 Å². The van der Waals surface area contributed by atoms with E-state index < -0.39 is 0 Å². The van der Waals surface area contributed by atoms with Crippen LogP contribution < -0.4 is 0 Å². The van der Waals surface area contributed by atoms with E-state index in [1.54, 1.807) is 16.2 Å². The topological polar surface area (TPSA) is 56.8 Å². The summed E-state index contributed by atoms with van der Waals surface area (Å²) in [6.07, 6.45) is 1.45. The van der Waals surface area contributed by atoms with Crippen LogP contribution in [0.1, 0.15) is 31.7 Å². The zero-order valence-electron chi connectivity index (χ0n) is 16.4. The van der Waals surface area contributed by atoms with Crippen molar-refractivity contribution >= 4 is 33.4 Å². The molecule has 2 aromatic rings. The van der Waals surface area contributed by atoms with Gasteiger partial charge in [0.2, 0.25) is 11.8 Å². The second-order valence-electron chi connectivity index (χ2n) is 7.07. The van der Waals surface area contributed by atoms with Gasteiger partial charge in [0.1, 0.15) is 5.01 Å². The smallest absolute Gasteiger partial charge is 0.239 e. The number of carbonyl (C=O) groups excluding carboxylic acids is 2. The lowest BCUT2D eigenvalue weighted by atomic mass is 10.2. The van der Waals surface area contributed by atoms with E-state index in [0.717, 1.165) is 41.3 Å². The van der Waals surface area contributed by atoms with Crippen molar-refractivity contribution in [2.75, 3.05) is 33.2 Å². The number of likely N-dealkylation sites (N-methyl/N-ethyl adjacent to an activating group) is 1. The molecule has 2 amide bonds. The van der Waals surface area contributed by atoms with Crippen molar-refractivity contribution in [3.8, 4) is 0 Å². The third kappa shape index (κ3) is 4.65. The van der Waals surface area contributed by atoms with Crippen LogP contribution in [-0.2, 0) is 16.1 Å². The van der Waals surface area contributed by atoms with Crippen molar-refractivity contribution in [3.63, 3.8) is 0 Å². The Bertz CT molecular complexity index is 773. The molecule has 7 heteroatoms. The number of nitrogens with zero attached hydrogens (tertiary/aromatic N) is 4. The monoisotopic (exact) mass is 388 g/mol. The maximum absolute atomic E-state index is 12.9. The van der Waals surface area contributed by atoms with Gasteiger partial charge in [0.05, 0.1) is 22.8 Å². The molecular weight excluding hydrogens is 360 g/mol. The summed E-state index contributed by atoms with van der Waals surface area (Å²) in [6.45, 7) is 7.46. The third-order valence-electron chi connectivity index (χ3n) is 5.18. The van der Waals surface area contributed by atoms with Crippen LogP contribution in [0.2, 0.25) is 0 Å². The summed E-state index contributed by atoms with van der Waals surface area (Å²) in [4.78, 5) is 35.4. The van der Waals surface area contributed by atoms with E-state index in [2.05, 4.69) is 16.0 Å². The molecule has 0 saturated carbocycles. The highest BCUT2D eigenvalue weighted by molar-refractivity contribution is 7.18. The summed E-state index contributed by atoms with van der Waals surface area (Å²) in [5.41, 5.74) is 0.986. The number of carbonyl (C=O) groups is 2. The van der Waals surface area contributed by atoms with Crippen LogP contribution in [0.15, 0.2) is 24.3 Å². The zero-order chi connectivity index (χ0) is 19.4. The molecule has 1 saturated heterocycles. The molecule has 6 nitrogen and oxygen atoms in total. The molecule has 0 bridgehead atoms. The number of rotatable bonds is 5. The lowest BCUT2D eigenvalue weighted by molar-refractivity contribution is -0.135. The molecule has 0 radical (unpaired) electrons. The van der Waals surface area contributed by atoms with E-state index in [9.17, 15) is 9.59 Å². The lowest BCUT2D eigenvalue weighted by Crippen LogP contribution is -2.47. The van der Waals surface area contributed by atoms with Crippen LogP contribution in [0.5, 0.6) is 0 Å². The Morgan fingerprint density at radius 1 is 1.22 bits per heavy atom. The minimum absolute atomic E-state index is 0.101. The molecule has 0 N–H and O–H groups in total. The molecule has 1 atom stereocenters. The minimum Gasteiger partial charge on any atom is -0.341 e. The first-order chi connectivity index (χ1) is 13.0. The van der Waals surface area contributed by atoms with Gasteiger partial charge in [-0.05, 0) is 25.5 Å². The van der Waals surface area contributed by atoms with Crippen molar-refractivity contribution < 1.29 is 9.59 Å². The summed E-state index contributed by atoms with van der Waals surface area (Å²) in [5, 5.41) is 0.954. The average Bonchev–Trinajstić information content (AvgIpc) is 2.92. The van der Waals surface area contributed by atoms with Crippen LogP contribution in [-0.4, -0.2) is 70.8 Å². The first-order valence-corrected chi connectivity index (χ1v) is 10.4. The highest BCUT2D eigenvalue weighted by Gasteiger charge is 2.27. The Kier molecular flexibility index (Phi) is 6.44. The SMILES string of the molecule is CCC(=O)N1CCCN(C(C)C(=O)N(C)Cc2nc3ccccc3s2)CC1. The Balaban J connectivity index is 1.59. The fourth-order valence-corrected chi connectivity index (χ4v) is 4.56. The van der Waals surface area contributed by atoms with Gasteiger partial charge < -0.3 is 9.80 Å². The first kappa shape index (κ1) is 19.8. The van der Waals surface area contributed by atoms with Gasteiger partial charge in [0, 0.05) is 39.6 Å². The lowest BCUT2D eigenvalue weighted by Gasteiger charge is -2.30. The highest BCUT2D eigenvalue weighted by atomic mass is 32.1. The number of benzene rings is 1. The molecule has 146 valence electrons. The number of thiazole rings is 1. The van der Waals surface area contributed by atoms with E-state index in [4.69, 9.17) is 0 Å². The maximum atomic E-state index is 12.9. The highest BCUT2D eigenvalue weighted by Crippen LogP contribution is 2.22. The Hall–Kier alpha value is -1.99. The number of hydrogen-bond donors (Lipinski definition) is 0. The molecule has 1 aliphatic rings. The van der Waals surface area contributed by atoms with Gasteiger partial charge in [0.15, 0.2) is 0 Å². The van der Waals surface area contributed by atoms with Crippen molar-refractivity contribution in [2.45, 2.75) is 39.3 Å². The maximum Gasteiger partial charge on any atom is 0.239 e. The normalized spacial score (nSPS) is 16.9.